The van der Waals surface area contributed by atoms with E-state index in [1.165, 1.54) is 16.5 Å². The zero-order valence-electron chi connectivity index (χ0n) is 7.39. The van der Waals surface area contributed by atoms with E-state index in [1.807, 2.05) is 6.20 Å². The highest BCUT2D eigenvalue weighted by atomic mass is 79.9. The van der Waals surface area contributed by atoms with E-state index in [2.05, 4.69) is 40.0 Å². The first-order valence-electron chi connectivity index (χ1n) is 4.18. The number of hydrogen-bond acceptors (Lipinski definition) is 1. The van der Waals surface area contributed by atoms with Crippen LogP contribution in [0, 0.1) is 6.92 Å². The lowest BCUT2D eigenvalue weighted by molar-refractivity contribution is 1.08. The smallest absolute Gasteiger partial charge is 0.0471 e. The van der Waals surface area contributed by atoms with Crippen LogP contribution in [0.1, 0.15) is 11.1 Å². The molecule has 0 aliphatic carbocycles. The summed E-state index contributed by atoms with van der Waals surface area (Å²) in [5.74, 6) is 0. The topological polar surface area (TPSA) is 41.8 Å². The summed E-state index contributed by atoms with van der Waals surface area (Å²) < 4.78 is 1.10. The van der Waals surface area contributed by atoms with Crippen molar-refractivity contribution in [3.05, 3.63) is 33.9 Å². The van der Waals surface area contributed by atoms with Gasteiger partial charge in [-0.15, -0.1) is 0 Å². The second-order valence-corrected chi connectivity index (χ2v) is 4.08. The molecule has 0 aliphatic heterocycles. The molecule has 2 nitrogen and oxygen atoms in total. The Morgan fingerprint density at radius 1 is 1.46 bits per heavy atom. The van der Waals surface area contributed by atoms with Gasteiger partial charge in [-0.05, 0) is 30.2 Å². The number of benzene rings is 1. The van der Waals surface area contributed by atoms with E-state index >= 15 is 0 Å². The van der Waals surface area contributed by atoms with E-state index in [-0.39, 0.29) is 0 Å². The first-order chi connectivity index (χ1) is 6.22. The first-order valence-corrected chi connectivity index (χ1v) is 4.98. The fourth-order valence-corrected chi connectivity index (χ4v) is 2.25. The minimum Gasteiger partial charge on any atom is -0.361 e. The van der Waals surface area contributed by atoms with Crippen LogP contribution in [-0.4, -0.2) is 4.98 Å². The SMILES string of the molecule is Cc1cc(Br)cc2[nH]cc(CN)c12. The third-order valence-electron chi connectivity index (χ3n) is 2.24. The summed E-state index contributed by atoms with van der Waals surface area (Å²) in [6.45, 7) is 2.68. The Labute approximate surface area is 85.3 Å². The summed E-state index contributed by atoms with van der Waals surface area (Å²) in [6.07, 6.45) is 1.98. The Morgan fingerprint density at radius 3 is 2.92 bits per heavy atom. The summed E-state index contributed by atoms with van der Waals surface area (Å²) >= 11 is 3.46. The molecule has 0 saturated carbocycles. The molecule has 13 heavy (non-hydrogen) atoms. The molecule has 0 spiro atoms. The number of H-pyrrole nitrogens is 1. The highest BCUT2D eigenvalue weighted by Crippen LogP contribution is 2.25. The van der Waals surface area contributed by atoms with E-state index in [0.717, 1.165) is 9.99 Å². The minimum absolute atomic E-state index is 0.586. The van der Waals surface area contributed by atoms with E-state index in [0.29, 0.717) is 6.54 Å². The van der Waals surface area contributed by atoms with Gasteiger partial charge in [0.15, 0.2) is 0 Å². The zero-order chi connectivity index (χ0) is 9.42. The lowest BCUT2D eigenvalue weighted by Crippen LogP contribution is -1.94. The van der Waals surface area contributed by atoms with Gasteiger partial charge in [0, 0.05) is 28.1 Å². The van der Waals surface area contributed by atoms with E-state index in [9.17, 15) is 0 Å². The molecule has 0 unspecified atom stereocenters. The molecule has 1 heterocycles. The van der Waals surface area contributed by atoms with Gasteiger partial charge in [0.25, 0.3) is 0 Å². The van der Waals surface area contributed by atoms with Crippen molar-refractivity contribution in [3.8, 4) is 0 Å². The molecule has 0 radical (unpaired) electrons. The first kappa shape index (κ1) is 8.78. The maximum atomic E-state index is 5.64. The lowest BCUT2D eigenvalue weighted by atomic mass is 10.1. The van der Waals surface area contributed by atoms with Gasteiger partial charge < -0.3 is 10.7 Å². The third-order valence-corrected chi connectivity index (χ3v) is 2.70. The number of hydrogen-bond donors (Lipinski definition) is 2. The Balaban J connectivity index is 2.82. The Kier molecular flexibility index (Phi) is 2.14. The fraction of sp³-hybridized carbons (Fsp3) is 0.200. The van der Waals surface area contributed by atoms with Crippen LogP contribution in [-0.2, 0) is 6.54 Å². The average Bonchev–Trinajstić information content (AvgIpc) is 2.47. The van der Waals surface area contributed by atoms with Crippen molar-refractivity contribution in [2.24, 2.45) is 5.73 Å². The molecule has 0 aliphatic rings. The number of aromatic amines is 1. The Hall–Kier alpha value is -0.800. The van der Waals surface area contributed by atoms with Gasteiger partial charge >= 0.3 is 0 Å². The molecule has 0 fully saturated rings. The second kappa shape index (κ2) is 3.16. The molecule has 2 rings (SSSR count). The van der Waals surface area contributed by atoms with Crippen LogP contribution >= 0.6 is 15.9 Å². The Bertz CT molecular complexity index is 445. The van der Waals surface area contributed by atoms with Crippen LogP contribution in [0.15, 0.2) is 22.8 Å². The van der Waals surface area contributed by atoms with Gasteiger partial charge in [-0.1, -0.05) is 15.9 Å². The molecule has 68 valence electrons. The molecular formula is C10H11BrN2. The zero-order valence-corrected chi connectivity index (χ0v) is 8.98. The van der Waals surface area contributed by atoms with Gasteiger partial charge in [-0.25, -0.2) is 0 Å². The maximum Gasteiger partial charge on any atom is 0.0471 e. The summed E-state index contributed by atoms with van der Waals surface area (Å²) in [7, 11) is 0. The second-order valence-electron chi connectivity index (χ2n) is 3.16. The summed E-state index contributed by atoms with van der Waals surface area (Å²) in [5.41, 5.74) is 9.22. The van der Waals surface area contributed by atoms with Crippen LogP contribution in [0.2, 0.25) is 0 Å². The minimum atomic E-state index is 0.586. The van der Waals surface area contributed by atoms with E-state index in [1.54, 1.807) is 0 Å². The molecule has 1 aromatic carbocycles. The standard InChI is InChI=1S/C10H11BrN2/c1-6-2-8(11)3-9-10(6)7(4-12)5-13-9/h2-3,5,13H,4,12H2,1H3. The van der Waals surface area contributed by atoms with Crippen molar-refractivity contribution >= 4 is 26.8 Å². The van der Waals surface area contributed by atoms with Crippen molar-refractivity contribution in [2.45, 2.75) is 13.5 Å². The van der Waals surface area contributed by atoms with Crippen molar-refractivity contribution in [2.75, 3.05) is 0 Å². The van der Waals surface area contributed by atoms with Gasteiger partial charge in [0.05, 0.1) is 0 Å². The number of nitrogens with one attached hydrogen (secondary N) is 1. The normalized spacial score (nSPS) is 11.0. The lowest BCUT2D eigenvalue weighted by Gasteiger charge is -2.00. The Morgan fingerprint density at radius 2 is 2.23 bits per heavy atom. The number of aromatic nitrogens is 1. The number of fused-ring (bicyclic) bond motifs is 1. The summed E-state index contributed by atoms with van der Waals surface area (Å²) in [5, 5.41) is 1.26. The van der Waals surface area contributed by atoms with Gasteiger partial charge in [-0.3, -0.25) is 0 Å². The fourth-order valence-electron chi connectivity index (χ4n) is 1.68. The third kappa shape index (κ3) is 1.38. The van der Waals surface area contributed by atoms with Crippen molar-refractivity contribution in [1.82, 2.24) is 4.98 Å². The van der Waals surface area contributed by atoms with E-state index in [4.69, 9.17) is 5.73 Å². The van der Waals surface area contributed by atoms with Crippen molar-refractivity contribution in [1.29, 1.82) is 0 Å². The van der Waals surface area contributed by atoms with Crippen LogP contribution < -0.4 is 5.73 Å². The van der Waals surface area contributed by atoms with Crippen LogP contribution in [0.25, 0.3) is 10.9 Å². The van der Waals surface area contributed by atoms with Crippen LogP contribution in [0.4, 0.5) is 0 Å². The molecular weight excluding hydrogens is 228 g/mol. The van der Waals surface area contributed by atoms with Crippen LogP contribution in [0.3, 0.4) is 0 Å². The number of nitrogens with two attached hydrogens (primary N) is 1. The number of halogens is 1. The molecule has 2 aromatic rings. The molecule has 0 amide bonds. The number of rotatable bonds is 1. The molecule has 0 saturated heterocycles. The predicted octanol–water partition coefficient (Wildman–Crippen LogP) is 2.70. The quantitative estimate of drug-likeness (QED) is 0.789. The van der Waals surface area contributed by atoms with Crippen molar-refractivity contribution in [3.63, 3.8) is 0 Å². The maximum absolute atomic E-state index is 5.64. The highest BCUT2D eigenvalue weighted by Gasteiger charge is 2.05. The highest BCUT2D eigenvalue weighted by molar-refractivity contribution is 9.10. The van der Waals surface area contributed by atoms with E-state index < -0.39 is 0 Å². The predicted molar refractivity (Wildman–Crippen MR) is 58.6 cm³/mol. The summed E-state index contributed by atoms with van der Waals surface area (Å²) in [6, 6.07) is 4.18. The number of aryl methyl sites for hydroxylation is 1. The van der Waals surface area contributed by atoms with Gasteiger partial charge in [0.1, 0.15) is 0 Å². The molecule has 0 atom stereocenters. The average molecular weight is 239 g/mol. The molecule has 0 bridgehead atoms. The van der Waals surface area contributed by atoms with Crippen LogP contribution in [0.5, 0.6) is 0 Å². The van der Waals surface area contributed by atoms with Crippen molar-refractivity contribution < 1.29 is 0 Å². The van der Waals surface area contributed by atoms with Gasteiger partial charge in [0.2, 0.25) is 0 Å². The summed E-state index contributed by atoms with van der Waals surface area (Å²) in [4.78, 5) is 3.21. The monoisotopic (exact) mass is 238 g/mol. The van der Waals surface area contributed by atoms with Gasteiger partial charge in [-0.2, -0.15) is 0 Å². The molecule has 3 heteroatoms. The molecule has 3 N–H and O–H groups in total. The molecule has 1 aromatic heterocycles. The largest absolute Gasteiger partial charge is 0.361 e.